The van der Waals surface area contributed by atoms with Crippen LogP contribution < -0.4 is 11.1 Å². The summed E-state index contributed by atoms with van der Waals surface area (Å²) in [6, 6.07) is 7.49. The summed E-state index contributed by atoms with van der Waals surface area (Å²) in [5.41, 5.74) is 5.88. The predicted molar refractivity (Wildman–Crippen MR) is 72.3 cm³/mol. The molecule has 0 aliphatic carbocycles. The first-order valence-corrected chi connectivity index (χ1v) is 5.78. The lowest BCUT2D eigenvalue weighted by Gasteiger charge is -2.03. The minimum Gasteiger partial charge on any atom is -0.320 e. The third-order valence-corrected chi connectivity index (χ3v) is 2.27. The lowest BCUT2D eigenvalue weighted by molar-refractivity contribution is 0.102. The first kappa shape index (κ1) is 13.6. The van der Waals surface area contributed by atoms with Crippen LogP contribution in [0, 0.1) is 17.7 Å². The molecule has 3 N–H and O–H groups in total. The molecule has 0 spiro atoms. The van der Waals surface area contributed by atoms with Crippen molar-refractivity contribution in [2.75, 3.05) is 11.9 Å². The van der Waals surface area contributed by atoms with E-state index < -0.39 is 11.7 Å². The number of nitrogens with two attached hydrogens (primary N) is 1. The van der Waals surface area contributed by atoms with Crippen molar-refractivity contribution in [3.05, 3.63) is 53.7 Å². The fourth-order valence-corrected chi connectivity index (χ4v) is 1.41. The standard InChI is InChI=1S/C14H11FN4O/c15-10-6-7-12(17-9-10)14(20)19-13-5-1-3-11(18-13)4-2-8-16/h1,3,5-7,9H,8,16H2,(H,18,19,20). The number of hydrogen-bond donors (Lipinski definition) is 2. The van der Waals surface area contributed by atoms with Gasteiger partial charge in [0.2, 0.25) is 0 Å². The van der Waals surface area contributed by atoms with Gasteiger partial charge in [0.25, 0.3) is 5.91 Å². The lowest BCUT2D eigenvalue weighted by Crippen LogP contribution is -2.14. The van der Waals surface area contributed by atoms with Crippen molar-refractivity contribution in [3.8, 4) is 11.8 Å². The van der Waals surface area contributed by atoms with Crippen molar-refractivity contribution in [1.29, 1.82) is 0 Å². The molecule has 1 amide bonds. The second-order valence-electron chi connectivity index (χ2n) is 3.73. The Hall–Kier alpha value is -2.78. The molecule has 0 radical (unpaired) electrons. The van der Waals surface area contributed by atoms with E-state index in [1.807, 2.05) is 0 Å². The number of rotatable bonds is 2. The first-order chi connectivity index (χ1) is 9.69. The van der Waals surface area contributed by atoms with E-state index in [1.165, 1.54) is 12.1 Å². The first-order valence-electron chi connectivity index (χ1n) is 5.78. The van der Waals surface area contributed by atoms with Crippen LogP contribution >= 0.6 is 0 Å². The molecule has 0 saturated heterocycles. The fraction of sp³-hybridized carbons (Fsp3) is 0.0714. The number of aromatic nitrogens is 2. The Morgan fingerprint density at radius 1 is 1.35 bits per heavy atom. The molecule has 2 aromatic rings. The highest BCUT2D eigenvalue weighted by molar-refractivity contribution is 6.02. The largest absolute Gasteiger partial charge is 0.320 e. The summed E-state index contributed by atoms with van der Waals surface area (Å²) < 4.78 is 12.7. The minimum atomic E-state index is -0.501. The van der Waals surface area contributed by atoms with Crippen LogP contribution in [-0.2, 0) is 0 Å². The highest BCUT2D eigenvalue weighted by atomic mass is 19.1. The summed E-state index contributed by atoms with van der Waals surface area (Å²) in [4.78, 5) is 19.7. The van der Waals surface area contributed by atoms with Gasteiger partial charge in [0.05, 0.1) is 12.7 Å². The second-order valence-corrected chi connectivity index (χ2v) is 3.73. The van der Waals surface area contributed by atoms with Crippen LogP contribution in [0.15, 0.2) is 36.5 Å². The molecular formula is C14H11FN4O. The third kappa shape index (κ3) is 3.60. The number of carbonyl (C=O) groups is 1. The van der Waals surface area contributed by atoms with Gasteiger partial charge in [0.1, 0.15) is 23.0 Å². The van der Waals surface area contributed by atoms with E-state index in [4.69, 9.17) is 5.73 Å². The van der Waals surface area contributed by atoms with E-state index in [2.05, 4.69) is 27.1 Å². The van der Waals surface area contributed by atoms with Crippen LogP contribution in [0.4, 0.5) is 10.2 Å². The summed E-state index contributed by atoms with van der Waals surface area (Å²) in [6.45, 7) is 0.234. The summed E-state index contributed by atoms with van der Waals surface area (Å²) in [6.07, 6.45) is 0.978. The summed E-state index contributed by atoms with van der Waals surface area (Å²) in [5, 5.41) is 2.56. The molecule has 0 aromatic carbocycles. The molecule has 6 heteroatoms. The Labute approximate surface area is 115 Å². The van der Waals surface area contributed by atoms with E-state index in [9.17, 15) is 9.18 Å². The molecule has 2 heterocycles. The van der Waals surface area contributed by atoms with Crippen LogP contribution in [0.1, 0.15) is 16.2 Å². The van der Waals surface area contributed by atoms with Crippen LogP contribution in [0.2, 0.25) is 0 Å². The van der Waals surface area contributed by atoms with Gasteiger partial charge in [-0.1, -0.05) is 12.0 Å². The Balaban J connectivity index is 2.13. The number of pyridine rings is 2. The zero-order valence-corrected chi connectivity index (χ0v) is 10.4. The highest BCUT2D eigenvalue weighted by Crippen LogP contribution is 2.06. The summed E-state index contributed by atoms with van der Waals surface area (Å²) in [7, 11) is 0. The average Bonchev–Trinajstić information content (AvgIpc) is 2.46. The van der Waals surface area contributed by atoms with Gasteiger partial charge in [-0.05, 0) is 30.2 Å². The summed E-state index contributed by atoms with van der Waals surface area (Å²) >= 11 is 0. The third-order valence-electron chi connectivity index (χ3n) is 2.27. The summed E-state index contributed by atoms with van der Waals surface area (Å²) in [5.74, 6) is 4.80. The number of nitrogens with zero attached hydrogens (tertiary/aromatic N) is 2. The maximum atomic E-state index is 12.7. The fourth-order valence-electron chi connectivity index (χ4n) is 1.41. The maximum absolute atomic E-state index is 12.7. The topological polar surface area (TPSA) is 80.9 Å². The highest BCUT2D eigenvalue weighted by Gasteiger charge is 2.08. The molecule has 0 aliphatic rings. The van der Waals surface area contributed by atoms with Crippen LogP contribution in [0.25, 0.3) is 0 Å². The Morgan fingerprint density at radius 2 is 2.20 bits per heavy atom. The quantitative estimate of drug-likeness (QED) is 0.803. The van der Waals surface area contributed by atoms with E-state index in [1.54, 1.807) is 18.2 Å². The number of halogens is 1. The normalized spacial score (nSPS) is 9.50. The predicted octanol–water partition coefficient (Wildman–Crippen LogP) is 1.18. The second kappa shape index (κ2) is 6.41. The molecule has 0 fully saturated rings. The molecule has 2 aromatic heterocycles. The zero-order valence-electron chi connectivity index (χ0n) is 10.4. The van der Waals surface area contributed by atoms with Gasteiger partial charge in [-0.3, -0.25) is 4.79 Å². The zero-order chi connectivity index (χ0) is 14.4. The molecule has 100 valence electrons. The number of carbonyl (C=O) groups excluding carboxylic acids is 1. The SMILES string of the molecule is NCC#Cc1cccc(NC(=O)c2ccc(F)cn2)n1. The van der Waals surface area contributed by atoms with E-state index in [-0.39, 0.29) is 12.2 Å². The molecule has 0 aliphatic heterocycles. The van der Waals surface area contributed by atoms with Gasteiger partial charge in [-0.25, -0.2) is 14.4 Å². The minimum absolute atomic E-state index is 0.103. The number of nitrogens with one attached hydrogen (secondary N) is 1. The Bertz CT molecular complexity index is 674. The molecule has 0 unspecified atom stereocenters. The lowest BCUT2D eigenvalue weighted by atomic mass is 10.3. The van der Waals surface area contributed by atoms with Gasteiger partial charge in [-0.2, -0.15) is 0 Å². The monoisotopic (exact) mass is 270 g/mol. The Morgan fingerprint density at radius 3 is 2.90 bits per heavy atom. The van der Waals surface area contributed by atoms with Crippen molar-refractivity contribution in [1.82, 2.24) is 9.97 Å². The number of anilines is 1. The molecule has 20 heavy (non-hydrogen) atoms. The Kier molecular flexibility index (Phi) is 4.37. The van der Waals surface area contributed by atoms with Crippen molar-refractivity contribution in [2.24, 2.45) is 5.73 Å². The van der Waals surface area contributed by atoms with Gasteiger partial charge >= 0.3 is 0 Å². The molecular weight excluding hydrogens is 259 g/mol. The molecule has 0 atom stereocenters. The van der Waals surface area contributed by atoms with Crippen LogP contribution in [0.5, 0.6) is 0 Å². The van der Waals surface area contributed by atoms with Gasteiger partial charge in [0.15, 0.2) is 0 Å². The van der Waals surface area contributed by atoms with Crippen LogP contribution in [0.3, 0.4) is 0 Å². The smallest absolute Gasteiger partial charge is 0.275 e. The van der Waals surface area contributed by atoms with Gasteiger partial charge < -0.3 is 11.1 Å². The average molecular weight is 270 g/mol. The molecule has 0 saturated carbocycles. The maximum Gasteiger partial charge on any atom is 0.275 e. The van der Waals surface area contributed by atoms with Crippen molar-refractivity contribution in [3.63, 3.8) is 0 Å². The van der Waals surface area contributed by atoms with Crippen molar-refractivity contribution in [2.45, 2.75) is 0 Å². The van der Waals surface area contributed by atoms with E-state index >= 15 is 0 Å². The number of amides is 1. The van der Waals surface area contributed by atoms with Crippen LogP contribution in [-0.4, -0.2) is 22.4 Å². The van der Waals surface area contributed by atoms with E-state index in [0.29, 0.717) is 11.5 Å². The number of hydrogen-bond acceptors (Lipinski definition) is 4. The molecule has 5 nitrogen and oxygen atoms in total. The molecule has 0 bridgehead atoms. The van der Waals surface area contributed by atoms with E-state index in [0.717, 1.165) is 6.20 Å². The van der Waals surface area contributed by atoms with Crippen molar-refractivity contribution < 1.29 is 9.18 Å². The molecule has 2 rings (SSSR count). The van der Waals surface area contributed by atoms with Crippen molar-refractivity contribution >= 4 is 11.7 Å². The van der Waals surface area contributed by atoms with Gasteiger partial charge in [-0.15, -0.1) is 0 Å². The van der Waals surface area contributed by atoms with Gasteiger partial charge in [0, 0.05) is 0 Å².